The maximum absolute atomic E-state index is 6.06. The van der Waals surface area contributed by atoms with Crippen LogP contribution in [0.4, 0.5) is 0 Å². The first-order valence-corrected chi connectivity index (χ1v) is 8.16. The van der Waals surface area contributed by atoms with E-state index in [0.29, 0.717) is 12.0 Å². The van der Waals surface area contributed by atoms with E-state index >= 15 is 0 Å². The Morgan fingerprint density at radius 1 is 1.15 bits per heavy atom. The van der Waals surface area contributed by atoms with Crippen LogP contribution in [-0.2, 0) is 0 Å². The Bertz CT molecular complexity index is 447. The molecular weight excluding hydrogens is 268 g/mol. The van der Waals surface area contributed by atoms with Crippen molar-refractivity contribution in [2.24, 2.45) is 5.92 Å². The van der Waals surface area contributed by atoms with Crippen LogP contribution in [0, 0.1) is 17.8 Å². The normalized spacial score (nSPS) is 21.9. The number of benzene rings is 1. The van der Waals surface area contributed by atoms with E-state index < -0.39 is 0 Å². The summed E-state index contributed by atoms with van der Waals surface area (Å²) in [6.45, 7) is 2.29. The molecule has 0 radical (unpaired) electrons. The number of hydrogen-bond donors (Lipinski definition) is 0. The molecule has 2 heteroatoms. The molecule has 0 aliphatic heterocycles. The summed E-state index contributed by atoms with van der Waals surface area (Å²) >= 11 is 5.60. The summed E-state index contributed by atoms with van der Waals surface area (Å²) < 4.78 is 6.06. The molecule has 0 aromatic heterocycles. The van der Waals surface area contributed by atoms with E-state index in [1.165, 1.54) is 32.1 Å². The van der Waals surface area contributed by atoms with Gasteiger partial charge in [-0.3, -0.25) is 0 Å². The van der Waals surface area contributed by atoms with Gasteiger partial charge in [-0.25, -0.2) is 0 Å². The first-order valence-electron chi connectivity index (χ1n) is 7.63. The highest BCUT2D eigenvalue weighted by Gasteiger charge is 2.20. The topological polar surface area (TPSA) is 9.23 Å². The fourth-order valence-electron chi connectivity index (χ4n) is 2.68. The van der Waals surface area contributed by atoms with Gasteiger partial charge in [-0.2, -0.15) is 0 Å². The summed E-state index contributed by atoms with van der Waals surface area (Å²) in [5, 5.41) is 0. The van der Waals surface area contributed by atoms with Crippen molar-refractivity contribution in [1.82, 2.24) is 0 Å². The molecule has 1 fully saturated rings. The van der Waals surface area contributed by atoms with E-state index in [0.717, 1.165) is 23.7 Å². The van der Waals surface area contributed by atoms with Gasteiger partial charge in [0.15, 0.2) is 0 Å². The minimum absolute atomic E-state index is 0.394. The molecule has 0 unspecified atom stereocenters. The van der Waals surface area contributed by atoms with Gasteiger partial charge in [0, 0.05) is 17.9 Å². The molecule has 1 nitrogen and oxygen atoms in total. The van der Waals surface area contributed by atoms with Gasteiger partial charge in [0.05, 0.1) is 6.10 Å². The van der Waals surface area contributed by atoms with E-state index in [1.807, 2.05) is 24.3 Å². The molecule has 1 aromatic rings. The van der Waals surface area contributed by atoms with Crippen LogP contribution in [-0.4, -0.2) is 12.0 Å². The highest BCUT2D eigenvalue weighted by Crippen LogP contribution is 2.29. The number of hydrogen-bond acceptors (Lipinski definition) is 1. The molecule has 0 N–H and O–H groups in total. The van der Waals surface area contributed by atoms with E-state index in [4.69, 9.17) is 16.3 Å². The zero-order chi connectivity index (χ0) is 14.2. The van der Waals surface area contributed by atoms with Crippen LogP contribution >= 0.6 is 11.6 Å². The van der Waals surface area contributed by atoms with Crippen LogP contribution in [0.25, 0.3) is 0 Å². The largest absolute Gasteiger partial charge is 0.490 e. The molecule has 1 saturated carbocycles. The van der Waals surface area contributed by atoms with Gasteiger partial charge < -0.3 is 4.74 Å². The molecule has 0 amide bonds. The van der Waals surface area contributed by atoms with Gasteiger partial charge in [-0.1, -0.05) is 25.2 Å². The van der Waals surface area contributed by atoms with Crippen molar-refractivity contribution >= 4 is 11.6 Å². The summed E-state index contributed by atoms with van der Waals surface area (Å²) in [6, 6.07) is 8.09. The quantitative estimate of drug-likeness (QED) is 0.559. The van der Waals surface area contributed by atoms with Crippen molar-refractivity contribution in [1.29, 1.82) is 0 Å². The Morgan fingerprint density at radius 2 is 1.85 bits per heavy atom. The number of alkyl halides is 1. The molecular formula is C18H23ClO. The molecule has 108 valence electrons. The van der Waals surface area contributed by atoms with Crippen LogP contribution in [0.2, 0.25) is 0 Å². The van der Waals surface area contributed by atoms with Crippen molar-refractivity contribution < 1.29 is 4.74 Å². The zero-order valence-electron chi connectivity index (χ0n) is 12.2. The van der Waals surface area contributed by atoms with E-state index in [-0.39, 0.29) is 0 Å². The lowest BCUT2D eigenvalue weighted by Crippen LogP contribution is -2.23. The van der Waals surface area contributed by atoms with Crippen molar-refractivity contribution in [3.05, 3.63) is 29.8 Å². The predicted octanol–water partition coefficient (Wildman–Crippen LogP) is 5.01. The van der Waals surface area contributed by atoms with Crippen molar-refractivity contribution in [3.8, 4) is 17.6 Å². The number of ether oxygens (including phenoxy) is 1. The van der Waals surface area contributed by atoms with Crippen molar-refractivity contribution in [3.63, 3.8) is 0 Å². The molecule has 1 aliphatic rings. The molecule has 0 bridgehead atoms. The van der Waals surface area contributed by atoms with Crippen LogP contribution in [0.5, 0.6) is 5.75 Å². The fourth-order valence-corrected chi connectivity index (χ4v) is 2.77. The first kappa shape index (κ1) is 15.3. The van der Waals surface area contributed by atoms with E-state index in [2.05, 4.69) is 18.8 Å². The second kappa shape index (κ2) is 8.22. The molecule has 0 spiro atoms. The van der Waals surface area contributed by atoms with Crippen LogP contribution in [0.15, 0.2) is 24.3 Å². The van der Waals surface area contributed by atoms with E-state index in [9.17, 15) is 0 Å². The van der Waals surface area contributed by atoms with Crippen LogP contribution < -0.4 is 4.74 Å². The van der Waals surface area contributed by atoms with Gasteiger partial charge in [-0.15, -0.1) is 11.6 Å². The van der Waals surface area contributed by atoms with Gasteiger partial charge in [-0.05, 0) is 55.9 Å². The molecule has 1 aliphatic carbocycles. The molecule has 0 heterocycles. The lowest BCUT2D eigenvalue weighted by atomic mass is 9.86. The summed E-state index contributed by atoms with van der Waals surface area (Å²) in [5.74, 6) is 8.61. The Hall–Kier alpha value is -1.13. The minimum atomic E-state index is 0.394. The lowest BCUT2D eigenvalue weighted by Gasteiger charge is -2.28. The molecule has 0 saturated heterocycles. The summed E-state index contributed by atoms with van der Waals surface area (Å²) in [5.41, 5.74) is 1.03. The Kier molecular flexibility index (Phi) is 6.27. The Labute approximate surface area is 127 Å². The maximum Gasteiger partial charge on any atom is 0.119 e. The predicted molar refractivity (Wildman–Crippen MR) is 85.3 cm³/mol. The molecule has 1 aromatic carbocycles. The second-order valence-corrected chi connectivity index (χ2v) is 5.81. The summed E-state index contributed by atoms with van der Waals surface area (Å²) in [6.07, 6.45) is 7.44. The van der Waals surface area contributed by atoms with Gasteiger partial charge in [0.25, 0.3) is 0 Å². The SMILES string of the molecule is CCC1CCC(Oc2ccc(C#CCCCl)cc2)CC1. The second-order valence-electron chi connectivity index (χ2n) is 5.43. The average molecular weight is 291 g/mol. The smallest absolute Gasteiger partial charge is 0.119 e. The fraction of sp³-hybridized carbons (Fsp3) is 0.556. The lowest BCUT2D eigenvalue weighted by molar-refractivity contribution is 0.130. The number of halogens is 1. The summed E-state index contributed by atoms with van der Waals surface area (Å²) in [4.78, 5) is 0. The van der Waals surface area contributed by atoms with Crippen LogP contribution in [0.1, 0.15) is 51.0 Å². The maximum atomic E-state index is 6.06. The highest BCUT2D eigenvalue weighted by atomic mass is 35.5. The molecule has 2 rings (SSSR count). The minimum Gasteiger partial charge on any atom is -0.490 e. The van der Waals surface area contributed by atoms with Gasteiger partial charge in [0.1, 0.15) is 5.75 Å². The monoisotopic (exact) mass is 290 g/mol. The Morgan fingerprint density at radius 3 is 2.45 bits per heavy atom. The van der Waals surface area contributed by atoms with Crippen LogP contribution in [0.3, 0.4) is 0 Å². The average Bonchev–Trinajstić information content (AvgIpc) is 2.50. The van der Waals surface area contributed by atoms with Gasteiger partial charge in [0.2, 0.25) is 0 Å². The third-order valence-electron chi connectivity index (χ3n) is 3.98. The molecule has 0 atom stereocenters. The first-order chi connectivity index (χ1) is 9.81. The third kappa shape index (κ3) is 4.76. The summed E-state index contributed by atoms with van der Waals surface area (Å²) in [7, 11) is 0. The third-order valence-corrected chi connectivity index (χ3v) is 4.17. The van der Waals surface area contributed by atoms with Crippen molar-refractivity contribution in [2.75, 3.05) is 5.88 Å². The van der Waals surface area contributed by atoms with E-state index in [1.54, 1.807) is 0 Å². The Balaban J connectivity index is 1.84. The highest BCUT2D eigenvalue weighted by molar-refractivity contribution is 6.18. The zero-order valence-corrected chi connectivity index (χ0v) is 13.0. The molecule has 20 heavy (non-hydrogen) atoms. The van der Waals surface area contributed by atoms with Gasteiger partial charge >= 0.3 is 0 Å². The standard InChI is InChI=1S/C18H23ClO/c1-2-15-6-10-17(11-7-15)20-18-12-8-16(9-13-18)5-3-4-14-19/h8-9,12-13,15,17H,2,4,6-7,10-11,14H2,1H3. The van der Waals surface area contributed by atoms with Crippen molar-refractivity contribution in [2.45, 2.75) is 51.6 Å². The number of rotatable bonds is 4.